The molecule has 2 amide bonds. The van der Waals surface area contributed by atoms with Crippen LogP contribution < -0.4 is 5.32 Å². The quantitative estimate of drug-likeness (QED) is 0.861. The van der Waals surface area contributed by atoms with Crippen LogP contribution in [0, 0.1) is 0 Å². The van der Waals surface area contributed by atoms with Gasteiger partial charge >= 0.3 is 12.0 Å². The number of aliphatic carboxylic acids is 1. The van der Waals surface area contributed by atoms with E-state index in [-0.39, 0.29) is 12.6 Å². The van der Waals surface area contributed by atoms with Crippen LogP contribution in [0.3, 0.4) is 0 Å². The number of amides is 2. The first-order chi connectivity index (χ1) is 8.88. The maximum absolute atomic E-state index is 11.8. The number of carbonyl (C=O) groups excluding carboxylic acids is 1. The molecule has 1 saturated heterocycles. The molecule has 2 N–H and O–H groups in total. The maximum Gasteiger partial charge on any atom is 0.329 e. The summed E-state index contributed by atoms with van der Waals surface area (Å²) in [5.41, 5.74) is -0.584. The van der Waals surface area contributed by atoms with Crippen LogP contribution in [0.2, 0.25) is 0 Å². The lowest BCUT2D eigenvalue weighted by Gasteiger charge is -2.46. The predicted molar refractivity (Wildman–Crippen MR) is 72.4 cm³/mol. The van der Waals surface area contributed by atoms with E-state index in [2.05, 4.69) is 26.2 Å². The van der Waals surface area contributed by atoms with Gasteiger partial charge in [0.1, 0.15) is 12.2 Å². The number of urea groups is 1. The highest BCUT2D eigenvalue weighted by Crippen LogP contribution is 2.27. The lowest BCUT2D eigenvalue weighted by atomic mass is 9.97. The van der Waals surface area contributed by atoms with E-state index in [1.165, 1.54) is 16.2 Å². The summed E-state index contributed by atoms with van der Waals surface area (Å²) >= 11 is 4.58. The van der Waals surface area contributed by atoms with Gasteiger partial charge in [-0.15, -0.1) is 0 Å². The number of nitrogens with one attached hydrogen (secondary N) is 1. The number of hydrogen-bond donors (Lipinski definition) is 2. The zero-order valence-electron chi connectivity index (χ0n) is 10.1. The first-order valence-electron chi connectivity index (χ1n) is 5.41. The highest BCUT2D eigenvalue weighted by atomic mass is 79.9. The van der Waals surface area contributed by atoms with Gasteiger partial charge in [-0.25, -0.2) is 14.6 Å². The summed E-state index contributed by atoms with van der Waals surface area (Å²) in [6.07, 6.45) is 1.61. The summed E-state index contributed by atoms with van der Waals surface area (Å²) in [7, 11) is 0. The summed E-state index contributed by atoms with van der Waals surface area (Å²) < 4.78 is 6.05. The van der Waals surface area contributed by atoms with Crippen LogP contribution in [0.4, 0.5) is 9.93 Å². The number of carboxylic acid groups (broad SMARTS) is 1. The summed E-state index contributed by atoms with van der Waals surface area (Å²) in [6, 6.07) is -0.266. The summed E-state index contributed by atoms with van der Waals surface area (Å²) in [4.78, 5) is 27.8. The molecule has 2 heterocycles. The number of likely N-dealkylation sites (tertiary alicyclic amines) is 1. The van der Waals surface area contributed by atoms with Crippen LogP contribution in [0.5, 0.6) is 0 Å². The van der Waals surface area contributed by atoms with E-state index < -0.39 is 11.6 Å². The van der Waals surface area contributed by atoms with Crippen LogP contribution in [-0.4, -0.2) is 52.3 Å². The van der Waals surface area contributed by atoms with Crippen molar-refractivity contribution in [3.63, 3.8) is 0 Å². The van der Waals surface area contributed by atoms with E-state index in [0.717, 1.165) is 3.79 Å². The van der Waals surface area contributed by atoms with Crippen molar-refractivity contribution >= 4 is 44.4 Å². The average Bonchev–Trinajstić information content (AvgIpc) is 2.68. The molecule has 1 aliphatic heterocycles. The number of ether oxygens (including phenoxy) is 1. The van der Waals surface area contributed by atoms with Gasteiger partial charge in [-0.1, -0.05) is 11.3 Å². The number of thiazole rings is 1. The molecule has 0 atom stereocenters. The van der Waals surface area contributed by atoms with Gasteiger partial charge in [-0.2, -0.15) is 0 Å². The number of anilines is 1. The molecule has 0 aromatic carbocycles. The molecule has 1 aliphatic rings. The second-order valence-corrected chi connectivity index (χ2v) is 6.80. The Balaban J connectivity index is 1.79. The first-order valence-corrected chi connectivity index (χ1v) is 7.02. The Labute approximate surface area is 121 Å². The normalized spacial score (nSPS) is 16.8. The fourth-order valence-electron chi connectivity index (χ4n) is 1.71. The largest absolute Gasteiger partial charge is 0.480 e. The number of aromatic nitrogens is 1. The Hall–Kier alpha value is -1.19. The third-order valence-electron chi connectivity index (χ3n) is 2.57. The molecule has 1 fully saturated rings. The molecular formula is C10H12BrN3O4S. The van der Waals surface area contributed by atoms with Crippen molar-refractivity contribution in [2.24, 2.45) is 0 Å². The van der Waals surface area contributed by atoms with Crippen molar-refractivity contribution in [3.05, 3.63) is 9.98 Å². The SMILES string of the molecule is CC1(OCC(=O)O)CN(C(=O)Nc2ncc(Br)s2)C1. The third kappa shape index (κ3) is 3.64. The van der Waals surface area contributed by atoms with E-state index in [0.29, 0.717) is 18.2 Å². The second-order valence-electron chi connectivity index (χ2n) is 4.39. The van der Waals surface area contributed by atoms with Crippen molar-refractivity contribution in [1.82, 2.24) is 9.88 Å². The lowest BCUT2D eigenvalue weighted by molar-refractivity contribution is -0.159. The van der Waals surface area contributed by atoms with E-state index in [1.807, 2.05) is 0 Å². The molecule has 9 heteroatoms. The van der Waals surface area contributed by atoms with E-state index in [9.17, 15) is 9.59 Å². The predicted octanol–water partition coefficient (Wildman–Crippen LogP) is 1.61. The Morgan fingerprint density at radius 1 is 1.68 bits per heavy atom. The molecule has 0 aliphatic carbocycles. The fraction of sp³-hybridized carbons (Fsp3) is 0.500. The average molecular weight is 350 g/mol. The zero-order chi connectivity index (χ0) is 14.0. The van der Waals surface area contributed by atoms with E-state index in [4.69, 9.17) is 9.84 Å². The molecule has 0 bridgehead atoms. The number of hydrogen-bond acceptors (Lipinski definition) is 5. The summed E-state index contributed by atoms with van der Waals surface area (Å²) in [5, 5.41) is 11.7. The summed E-state index contributed by atoms with van der Waals surface area (Å²) in [6.45, 7) is 2.14. The Kier molecular flexibility index (Phi) is 4.07. The van der Waals surface area contributed by atoms with Gasteiger partial charge in [0.15, 0.2) is 5.13 Å². The molecule has 19 heavy (non-hydrogen) atoms. The fourth-order valence-corrected chi connectivity index (χ4v) is 2.81. The molecule has 0 saturated carbocycles. The molecule has 1 aromatic heterocycles. The van der Waals surface area contributed by atoms with Crippen molar-refractivity contribution in [1.29, 1.82) is 0 Å². The van der Waals surface area contributed by atoms with Crippen LogP contribution in [0.1, 0.15) is 6.92 Å². The molecule has 0 radical (unpaired) electrons. The smallest absolute Gasteiger partial charge is 0.329 e. The minimum atomic E-state index is -1.02. The van der Waals surface area contributed by atoms with Gasteiger partial charge in [0.25, 0.3) is 0 Å². The molecule has 2 rings (SSSR count). The van der Waals surface area contributed by atoms with Crippen LogP contribution in [0.25, 0.3) is 0 Å². The topological polar surface area (TPSA) is 91.8 Å². The minimum Gasteiger partial charge on any atom is -0.480 e. The number of carboxylic acids is 1. The molecular weight excluding hydrogens is 338 g/mol. The standard InChI is InChI=1S/C10H12BrN3O4S/c1-10(18-3-7(15)16)4-14(5-10)9(17)13-8-12-2-6(11)19-8/h2H,3-5H2,1H3,(H,15,16)(H,12,13,17). The third-order valence-corrected chi connectivity index (χ3v) is 3.96. The van der Waals surface area contributed by atoms with Gasteiger partial charge in [-0.3, -0.25) is 5.32 Å². The van der Waals surface area contributed by atoms with Gasteiger partial charge < -0.3 is 14.7 Å². The zero-order valence-corrected chi connectivity index (χ0v) is 12.5. The molecule has 0 unspecified atom stereocenters. The van der Waals surface area contributed by atoms with Crippen LogP contribution in [-0.2, 0) is 9.53 Å². The van der Waals surface area contributed by atoms with Crippen LogP contribution in [0.15, 0.2) is 9.98 Å². The van der Waals surface area contributed by atoms with Gasteiger partial charge in [0, 0.05) is 0 Å². The highest BCUT2D eigenvalue weighted by molar-refractivity contribution is 9.11. The van der Waals surface area contributed by atoms with Crippen molar-refractivity contribution in [2.45, 2.75) is 12.5 Å². The second kappa shape index (κ2) is 5.43. The lowest BCUT2D eigenvalue weighted by Crippen LogP contribution is -2.64. The van der Waals surface area contributed by atoms with E-state index >= 15 is 0 Å². The number of halogens is 1. The number of nitrogens with zero attached hydrogens (tertiary/aromatic N) is 2. The van der Waals surface area contributed by atoms with Gasteiger partial charge in [0.2, 0.25) is 0 Å². The molecule has 1 aromatic rings. The Morgan fingerprint density at radius 3 is 2.89 bits per heavy atom. The Morgan fingerprint density at radius 2 is 2.37 bits per heavy atom. The van der Waals surface area contributed by atoms with Gasteiger partial charge in [-0.05, 0) is 22.9 Å². The Bertz CT molecular complexity index is 501. The molecule has 7 nitrogen and oxygen atoms in total. The van der Waals surface area contributed by atoms with Crippen molar-refractivity contribution in [3.8, 4) is 0 Å². The first kappa shape index (κ1) is 14.2. The minimum absolute atomic E-state index is 0.266. The van der Waals surface area contributed by atoms with Gasteiger partial charge in [0.05, 0.1) is 23.1 Å². The molecule has 0 spiro atoms. The van der Waals surface area contributed by atoms with Crippen molar-refractivity contribution < 1.29 is 19.4 Å². The summed E-state index contributed by atoms with van der Waals surface area (Å²) in [5.74, 6) is -1.02. The van der Waals surface area contributed by atoms with Crippen molar-refractivity contribution in [2.75, 3.05) is 25.0 Å². The maximum atomic E-state index is 11.8. The number of rotatable bonds is 4. The highest BCUT2D eigenvalue weighted by Gasteiger charge is 2.42. The molecule has 104 valence electrons. The monoisotopic (exact) mass is 349 g/mol. The number of carbonyl (C=O) groups is 2. The van der Waals surface area contributed by atoms with Crippen LogP contribution >= 0.6 is 27.3 Å². The van der Waals surface area contributed by atoms with E-state index in [1.54, 1.807) is 13.1 Å².